The van der Waals surface area contributed by atoms with Crippen molar-refractivity contribution in [3.05, 3.63) is 52.6 Å². The second kappa shape index (κ2) is 9.58. The largest absolute Gasteiger partial charge is 0.325 e. The number of halogens is 1. The fourth-order valence-corrected chi connectivity index (χ4v) is 3.15. The molecule has 0 saturated heterocycles. The number of benzene rings is 1. The van der Waals surface area contributed by atoms with Crippen LogP contribution in [-0.2, 0) is 9.59 Å². The molecular formula is C18H20BrN3O2S. The summed E-state index contributed by atoms with van der Waals surface area (Å²) in [6.45, 7) is 4.40. The lowest BCUT2D eigenvalue weighted by Crippen LogP contribution is -2.33. The van der Waals surface area contributed by atoms with Crippen LogP contribution in [0.15, 0.2) is 47.1 Å². The van der Waals surface area contributed by atoms with Gasteiger partial charge in [0.2, 0.25) is 11.8 Å². The second-order valence-electron chi connectivity index (χ2n) is 5.38. The van der Waals surface area contributed by atoms with E-state index in [-0.39, 0.29) is 23.3 Å². The van der Waals surface area contributed by atoms with Gasteiger partial charge in [-0.2, -0.15) is 0 Å². The third-order valence-electron chi connectivity index (χ3n) is 3.37. The normalized spacial score (nSPS) is 10.4. The van der Waals surface area contributed by atoms with Crippen molar-refractivity contribution < 1.29 is 9.59 Å². The maximum Gasteiger partial charge on any atom is 0.238 e. The Balaban J connectivity index is 1.82. The number of aryl methyl sites for hydroxylation is 1. The molecule has 25 heavy (non-hydrogen) atoms. The summed E-state index contributed by atoms with van der Waals surface area (Å²) in [7, 11) is 0. The van der Waals surface area contributed by atoms with E-state index < -0.39 is 0 Å². The van der Waals surface area contributed by atoms with Gasteiger partial charge in [-0.15, -0.1) is 11.8 Å². The van der Waals surface area contributed by atoms with Crippen molar-refractivity contribution in [2.45, 2.75) is 13.8 Å². The molecule has 0 aliphatic heterocycles. The number of rotatable bonds is 7. The van der Waals surface area contributed by atoms with Crippen LogP contribution in [0.3, 0.4) is 0 Å². The number of amides is 2. The molecule has 1 aromatic carbocycles. The van der Waals surface area contributed by atoms with Gasteiger partial charge in [0.05, 0.1) is 11.5 Å². The fourth-order valence-electron chi connectivity index (χ4n) is 2.22. The first-order chi connectivity index (χ1) is 12.0. The van der Waals surface area contributed by atoms with Gasteiger partial charge in [0.1, 0.15) is 5.82 Å². The average Bonchev–Trinajstić information content (AvgIpc) is 2.57. The highest BCUT2D eigenvalue weighted by Crippen LogP contribution is 2.16. The summed E-state index contributed by atoms with van der Waals surface area (Å²) in [6, 6.07) is 11.3. The summed E-state index contributed by atoms with van der Waals surface area (Å²) in [4.78, 5) is 30.2. The minimum Gasteiger partial charge on any atom is -0.325 e. The molecule has 132 valence electrons. The number of hydrogen-bond acceptors (Lipinski definition) is 4. The number of nitrogens with zero attached hydrogens (tertiary/aromatic N) is 2. The Morgan fingerprint density at radius 3 is 2.68 bits per heavy atom. The molecule has 1 N–H and O–H groups in total. The van der Waals surface area contributed by atoms with Crippen LogP contribution in [0.4, 0.5) is 11.5 Å². The molecule has 0 unspecified atom stereocenters. The van der Waals surface area contributed by atoms with Crippen molar-refractivity contribution in [1.82, 2.24) is 4.98 Å². The van der Waals surface area contributed by atoms with Crippen LogP contribution in [-0.4, -0.2) is 34.8 Å². The standard InChI is InChI=1S/C18H20BrN3O2S/c1-3-22(16-8-7-14(19)10-20-16)18(24)12-25-11-17(23)21-15-6-4-5-13(2)9-15/h4-10H,3,11-12H2,1-2H3,(H,21,23). The molecule has 0 atom stereocenters. The fraction of sp³-hybridized carbons (Fsp3) is 0.278. The third kappa shape index (κ3) is 6.17. The predicted octanol–water partition coefficient (Wildman–Crippen LogP) is 3.88. The number of pyridine rings is 1. The van der Waals surface area contributed by atoms with E-state index >= 15 is 0 Å². The van der Waals surface area contributed by atoms with Crippen molar-refractivity contribution >= 4 is 51.0 Å². The molecule has 0 spiro atoms. The third-order valence-corrected chi connectivity index (χ3v) is 4.75. The van der Waals surface area contributed by atoms with Crippen LogP contribution in [0.25, 0.3) is 0 Å². The highest BCUT2D eigenvalue weighted by atomic mass is 79.9. The first-order valence-corrected chi connectivity index (χ1v) is 9.80. The quantitative estimate of drug-likeness (QED) is 0.736. The molecule has 7 heteroatoms. The minimum atomic E-state index is -0.117. The maximum absolute atomic E-state index is 12.4. The van der Waals surface area contributed by atoms with E-state index in [1.807, 2.05) is 44.2 Å². The molecule has 0 aliphatic rings. The monoisotopic (exact) mass is 421 g/mol. The van der Waals surface area contributed by atoms with E-state index in [1.54, 1.807) is 17.2 Å². The Kier molecular flexibility index (Phi) is 7.46. The Hall–Kier alpha value is -1.86. The molecule has 1 heterocycles. The highest BCUT2D eigenvalue weighted by Gasteiger charge is 2.15. The van der Waals surface area contributed by atoms with Crippen molar-refractivity contribution in [1.29, 1.82) is 0 Å². The molecule has 0 aliphatic carbocycles. The van der Waals surface area contributed by atoms with Gasteiger partial charge in [0.15, 0.2) is 0 Å². The van der Waals surface area contributed by atoms with Crippen LogP contribution in [0.1, 0.15) is 12.5 Å². The zero-order chi connectivity index (χ0) is 18.2. The van der Waals surface area contributed by atoms with E-state index in [2.05, 4.69) is 26.2 Å². The lowest BCUT2D eigenvalue weighted by molar-refractivity contribution is -0.116. The highest BCUT2D eigenvalue weighted by molar-refractivity contribution is 9.10. The number of thioether (sulfide) groups is 1. The van der Waals surface area contributed by atoms with Gasteiger partial charge in [-0.05, 0) is 59.6 Å². The van der Waals surface area contributed by atoms with Gasteiger partial charge >= 0.3 is 0 Å². The number of carbonyl (C=O) groups excluding carboxylic acids is 2. The van der Waals surface area contributed by atoms with Gasteiger partial charge in [-0.3, -0.25) is 14.5 Å². The van der Waals surface area contributed by atoms with Crippen LogP contribution in [0.5, 0.6) is 0 Å². The number of nitrogens with one attached hydrogen (secondary N) is 1. The first kappa shape index (κ1) is 19.5. The van der Waals surface area contributed by atoms with E-state index in [0.29, 0.717) is 12.4 Å². The van der Waals surface area contributed by atoms with Crippen molar-refractivity contribution in [2.75, 3.05) is 28.3 Å². The summed E-state index contributed by atoms with van der Waals surface area (Å²) in [5.41, 5.74) is 1.85. The zero-order valence-corrected chi connectivity index (χ0v) is 16.6. The summed E-state index contributed by atoms with van der Waals surface area (Å²) in [6.07, 6.45) is 1.66. The number of anilines is 2. The van der Waals surface area contributed by atoms with Gasteiger partial charge in [-0.1, -0.05) is 12.1 Å². The van der Waals surface area contributed by atoms with E-state index in [1.165, 1.54) is 11.8 Å². The minimum absolute atomic E-state index is 0.0642. The van der Waals surface area contributed by atoms with Crippen LogP contribution in [0, 0.1) is 6.92 Å². The summed E-state index contributed by atoms with van der Waals surface area (Å²) in [5, 5.41) is 2.84. The Morgan fingerprint density at radius 1 is 1.24 bits per heavy atom. The molecule has 0 radical (unpaired) electrons. The molecule has 5 nitrogen and oxygen atoms in total. The van der Waals surface area contributed by atoms with E-state index in [4.69, 9.17) is 0 Å². The lowest BCUT2D eigenvalue weighted by Gasteiger charge is -2.19. The SMILES string of the molecule is CCN(C(=O)CSCC(=O)Nc1cccc(C)c1)c1ccc(Br)cn1. The summed E-state index contributed by atoms with van der Waals surface area (Å²) >= 11 is 4.62. The van der Waals surface area contributed by atoms with Gasteiger partial charge in [-0.25, -0.2) is 4.98 Å². The number of hydrogen-bond donors (Lipinski definition) is 1. The number of aromatic nitrogens is 1. The predicted molar refractivity (Wildman–Crippen MR) is 107 cm³/mol. The smallest absolute Gasteiger partial charge is 0.238 e. The lowest BCUT2D eigenvalue weighted by atomic mass is 10.2. The van der Waals surface area contributed by atoms with Crippen LogP contribution >= 0.6 is 27.7 Å². The van der Waals surface area contributed by atoms with Gasteiger partial charge < -0.3 is 5.32 Å². The molecule has 0 fully saturated rings. The zero-order valence-electron chi connectivity index (χ0n) is 14.2. The Morgan fingerprint density at radius 2 is 2.04 bits per heavy atom. The Bertz CT molecular complexity index is 737. The molecule has 0 bridgehead atoms. The average molecular weight is 422 g/mol. The molecule has 2 rings (SSSR count). The Labute approximate surface area is 160 Å². The van der Waals surface area contributed by atoms with E-state index in [9.17, 15) is 9.59 Å². The molecule has 2 amide bonds. The van der Waals surface area contributed by atoms with Gasteiger partial charge in [0.25, 0.3) is 0 Å². The number of carbonyl (C=O) groups is 2. The van der Waals surface area contributed by atoms with E-state index in [0.717, 1.165) is 15.7 Å². The summed E-state index contributed by atoms with van der Waals surface area (Å²) < 4.78 is 0.863. The second-order valence-corrected chi connectivity index (χ2v) is 7.28. The maximum atomic E-state index is 12.4. The van der Waals surface area contributed by atoms with Crippen molar-refractivity contribution in [3.63, 3.8) is 0 Å². The van der Waals surface area contributed by atoms with Crippen molar-refractivity contribution in [2.24, 2.45) is 0 Å². The first-order valence-electron chi connectivity index (χ1n) is 7.85. The topological polar surface area (TPSA) is 62.3 Å². The van der Waals surface area contributed by atoms with Crippen molar-refractivity contribution in [3.8, 4) is 0 Å². The molecular weight excluding hydrogens is 402 g/mol. The van der Waals surface area contributed by atoms with Crippen LogP contribution < -0.4 is 10.2 Å². The summed E-state index contributed by atoms with van der Waals surface area (Å²) in [5.74, 6) is 0.886. The van der Waals surface area contributed by atoms with Crippen LogP contribution in [0.2, 0.25) is 0 Å². The molecule has 0 saturated carbocycles. The molecule has 1 aromatic heterocycles. The molecule has 2 aromatic rings. The van der Waals surface area contributed by atoms with Gasteiger partial charge in [0, 0.05) is 22.9 Å².